The van der Waals surface area contributed by atoms with E-state index in [0.29, 0.717) is 17.8 Å². The molecule has 9 nitrogen and oxygen atoms in total. The largest absolute Gasteiger partial charge is 0.340 e. The number of hydrogen-bond donors (Lipinski definition) is 2. The van der Waals surface area contributed by atoms with Crippen molar-refractivity contribution in [1.82, 2.24) is 34.7 Å². The standard InChI is InChI=1S/C27H30N8O/c1-17-13-23(30-18(2)29-17)21-5-6-22-24(15-21)32-27(31-22)33-25-14-19(7-8-28-25)16-34-9-11-35(12-10-34)26(36)20-3-4-20/h5-8,13-15,20H,3-4,9-12,16H2,1-2H3,(H2,28,31,32,33). The highest BCUT2D eigenvalue weighted by molar-refractivity contribution is 5.83. The summed E-state index contributed by atoms with van der Waals surface area (Å²) < 4.78 is 0. The molecule has 1 aromatic carbocycles. The van der Waals surface area contributed by atoms with Crippen molar-refractivity contribution in [1.29, 1.82) is 0 Å². The quantitative estimate of drug-likeness (QED) is 0.431. The molecule has 0 unspecified atom stereocenters. The summed E-state index contributed by atoms with van der Waals surface area (Å²) in [7, 11) is 0. The summed E-state index contributed by atoms with van der Waals surface area (Å²) in [6.07, 6.45) is 3.96. The topological polar surface area (TPSA) is 103 Å². The molecule has 36 heavy (non-hydrogen) atoms. The lowest BCUT2D eigenvalue weighted by Gasteiger charge is -2.34. The zero-order valence-corrected chi connectivity index (χ0v) is 20.7. The zero-order chi connectivity index (χ0) is 24.6. The number of nitrogens with zero attached hydrogens (tertiary/aromatic N) is 6. The van der Waals surface area contributed by atoms with Gasteiger partial charge in [0.2, 0.25) is 11.9 Å². The van der Waals surface area contributed by atoms with E-state index < -0.39 is 0 Å². The van der Waals surface area contributed by atoms with Gasteiger partial charge in [0, 0.05) is 56.1 Å². The van der Waals surface area contributed by atoms with E-state index >= 15 is 0 Å². The summed E-state index contributed by atoms with van der Waals surface area (Å²) in [6, 6.07) is 12.2. The predicted molar refractivity (Wildman–Crippen MR) is 139 cm³/mol. The number of piperazine rings is 1. The number of carbonyl (C=O) groups excluding carboxylic acids is 1. The molecule has 0 bridgehead atoms. The maximum atomic E-state index is 12.3. The Labute approximate surface area is 210 Å². The van der Waals surface area contributed by atoms with Crippen molar-refractivity contribution in [2.45, 2.75) is 33.2 Å². The molecule has 9 heteroatoms. The number of fused-ring (bicyclic) bond motifs is 1. The Morgan fingerprint density at radius 2 is 1.86 bits per heavy atom. The van der Waals surface area contributed by atoms with E-state index in [2.05, 4.69) is 47.3 Å². The van der Waals surface area contributed by atoms with E-state index in [9.17, 15) is 4.79 Å². The van der Waals surface area contributed by atoms with Crippen LogP contribution in [0.4, 0.5) is 11.8 Å². The summed E-state index contributed by atoms with van der Waals surface area (Å²) in [6.45, 7) is 8.17. The van der Waals surface area contributed by atoms with Gasteiger partial charge in [0.25, 0.3) is 0 Å². The van der Waals surface area contributed by atoms with Crippen LogP contribution in [-0.4, -0.2) is 66.8 Å². The van der Waals surface area contributed by atoms with Gasteiger partial charge in [0.15, 0.2) is 0 Å². The van der Waals surface area contributed by atoms with Crippen molar-refractivity contribution in [2.24, 2.45) is 5.92 Å². The van der Waals surface area contributed by atoms with Gasteiger partial charge in [-0.05, 0) is 62.6 Å². The molecule has 1 aliphatic heterocycles. The smallest absolute Gasteiger partial charge is 0.225 e. The Bertz CT molecular complexity index is 1400. The Balaban J connectivity index is 1.12. The number of pyridine rings is 1. The van der Waals surface area contributed by atoms with Crippen LogP contribution in [0, 0.1) is 19.8 Å². The maximum absolute atomic E-state index is 12.3. The minimum atomic E-state index is 0.302. The van der Waals surface area contributed by atoms with Gasteiger partial charge < -0.3 is 15.2 Å². The van der Waals surface area contributed by atoms with Gasteiger partial charge in [0.05, 0.1) is 16.7 Å². The summed E-state index contributed by atoms with van der Waals surface area (Å²) in [5.74, 6) is 2.81. The minimum absolute atomic E-state index is 0.302. The van der Waals surface area contributed by atoms with Crippen LogP contribution < -0.4 is 5.32 Å². The second kappa shape index (κ2) is 9.31. The molecule has 4 heterocycles. The van der Waals surface area contributed by atoms with Crippen LogP contribution in [0.2, 0.25) is 0 Å². The second-order valence-corrected chi connectivity index (χ2v) is 9.81. The maximum Gasteiger partial charge on any atom is 0.225 e. The molecule has 2 aliphatic rings. The number of H-pyrrole nitrogens is 1. The third-order valence-corrected chi connectivity index (χ3v) is 6.83. The molecule has 1 saturated heterocycles. The van der Waals surface area contributed by atoms with Crippen molar-refractivity contribution in [3.8, 4) is 11.3 Å². The molecule has 1 saturated carbocycles. The van der Waals surface area contributed by atoms with Gasteiger partial charge in [-0.1, -0.05) is 6.07 Å². The zero-order valence-electron chi connectivity index (χ0n) is 20.7. The average Bonchev–Trinajstić information content (AvgIpc) is 3.63. The van der Waals surface area contributed by atoms with Crippen LogP contribution in [0.5, 0.6) is 0 Å². The number of hydrogen-bond acceptors (Lipinski definition) is 7. The van der Waals surface area contributed by atoms with Crippen molar-refractivity contribution < 1.29 is 4.79 Å². The first-order chi connectivity index (χ1) is 17.5. The summed E-state index contributed by atoms with van der Waals surface area (Å²) in [5.41, 5.74) is 5.85. The van der Waals surface area contributed by atoms with Crippen molar-refractivity contribution in [2.75, 3.05) is 31.5 Å². The number of anilines is 2. The third kappa shape index (κ3) is 4.92. The lowest BCUT2D eigenvalue weighted by Crippen LogP contribution is -2.48. The first-order valence-electron chi connectivity index (χ1n) is 12.6. The first-order valence-corrected chi connectivity index (χ1v) is 12.6. The van der Waals surface area contributed by atoms with E-state index in [1.807, 2.05) is 49.2 Å². The van der Waals surface area contributed by atoms with Crippen molar-refractivity contribution in [3.63, 3.8) is 0 Å². The predicted octanol–water partition coefficient (Wildman–Crippen LogP) is 3.83. The lowest BCUT2D eigenvalue weighted by molar-refractivity contribution is -0.134. The Hall–Kier alpha value is -3.85. The second-order valence-electron chi connectivity index (χ2n) is 9.81. The lowest BCUT2D eigenvalue weighted by atomic mass is 10.1. The first kappa shape index (κ1) is 22.6. The van der Waals surface area contributed by atoms with E-state index in [1.54, 1.807) is 0 Å². The number of carbonyl (C=O) groups is 1. The average molecular weight is 483 g/mol. The summed E-state index contributed by atoms with van der Waals surface area (Å²) in [4.78, 5) is 38.2. The number of aryl methyl sites for hydroxylation is 2. The molecule has 3 aromatic heterocycles. The molecule has 0 radical (unpaired) electrons. The van der Waals surface area contributed by atoms with Gasteiger partial charge in [-0.25, -0.2) is 19.9 Å². The fraction of sp³-hybridized carbons (Fsp3) is 0.370. The van der Waals surface area contributed by atoms with Crippen molar-refractivity contribution >= 4 is 28.7 Å². The highest BCUT2D eigenvalue weighted by atomic mass is 16.2. The van der Waals surface area contributed by atoms with Gasteiger partial charge >= 0.3 is 0 Å². The fourth-order valence-corrected chi connectivity index (χ4v) is 4.83. The van der Waals surface area contributed by atoms with Crippen LogP contribution in [-0.2, 0) is 11.3 Å². The van der Waals surface area contributed by atoms with E-state index in [-0.39, 0.29) is 0 Å². The van der Waals surface area contributed by atoms with Crippen LogP contribution in [0.1, 0.15) is 29.9 Å². The highest BCUT2D eigenvalue weighted by Crippen LogP contribution is 2.31. The molecule has 4 aromatic rings. The molecule has 2 N–H and O–H groups in total. The van der Waals surface area contributed by atoms with E-state index in [0.717, 1.165) is 85.2 Å². The Kier molecular flexibility index (Phi) is 5.85. The number of nitrogens with one attached hydrogen (secondary N) is 2. The van der Waals surface area contributed by atoms with Crippen molar-refractivity contribution in [3.05, 3.63) is 59.7 Å². The monoisotopic (exact) mass is 482 g/mol. The van der Waals surface area contributed by atoms with E-state index in [4.69, 9.17) is 0 Å². The molecule has 1 amide bonds. The molecule has 1 aliphatic carbocycles. The summed E-state index contributed by atoms with van der Waals surface area (Å²) in [5, 5.41) is 3.32. The van der Waals surface area contributed by atoms with Crippen LogP contribution in [0.3, 0.4) is 0 Å². The van der Waals surface area contributed by atoms with Crippen LogP contribution in [0.15, 0.2) is 42.6 Å². The van der Waals surface area contributed by atoms with Gasteiger partial charge in [-0.3, -0.25) is 9.69 Å². The molecule has 0 spiro atoms. The normalized spacial score (nSPS) is 16.4. The molecular weight excluding hydrogens is 452 g/mol. The third-order valence-electron chi connectivity index (χ3n) is 6.83. The number of imidazole rings is 1. The Morgan fingerprint density at radius 1 is 1.03 bits per heavy atom. The molecule has 184 valence electrons. The minimum Gasteiger partial charge on any atom is -0.340 e. The number of aromatic nitrogens is 5. The highest BCUT2D eigenvalue weighted by Gasteiger charge is 2.34. The molecule has 6 rings (SSSR count). The summed E-state index contributed by atoms with van der Waals surface area (Å²) >= 11 is 0. The van der Waals surface area contributed by atoms with Gasteiger partial charge in [0.1, 0.15) is 11.6 Å². The van der Waals surface area contributed by atoms with Crippen LogP contribution in [0.25, 0.3) is 22.3 Å². The Morgan fingerprint density at radius 3 is 2.64 bits per heavy atom. The molecule has 2 fully saturated rings. The SMILES string of the molecule is Cc1cc(-c2ccc3nc(Nc4cc(CN5CCN(C(=O)C6CC6)CC5)ccn4)[nH]c3c2)nc(C)n1. The number of benzene rings is 1. The molecular formula is C27H30N8O. The number of amides is 1. The fourth-order valence-electron chi connectivity index (χ4n) is 4.83. The number of aromatic amines is 1. The number of rotatable bonds is 6. The molecule has 0 atom stereocenters. The van der Waals surface area contributed by atoms with Crippen LogP contribution >= 0.6 is 0 Å². The van der Waals surface area contributed by atoms with Gasteiger partial charge in [-0.15, -0.1) is 0 Å². The van der Waals surface area contributed by atoms with E-state index in [1.165, 1.54) is 5.56 Å². The van der Waals surface area contributed by atoms with Gasteiger partial charge in [-0.2, -0.15) is 0 Å².